The maximum Gasteiger partial charge on any atom is 0.221 e. The molecule has 0 spiro atoms. The first-order valence-electron chi connectivity index (χ1n) is 3.49. The van der Waals surface area contributed by atoms with Gasteiger partial charge in [0.1, 0.15) is 0 Å². The molecular formula is C6H13N2OP. The van der Waals surface area contributed by atoms with Crippen LogP contribution in [0.25, 0.3) is 0 Å². The van der Waals surface area contributed by atoms with Crippen LogP contribution in [0.2, 0.25) is 0 Å². The number of carbonyl (C=O) groups is 1. The van der Waals surface area contributed by atoms with Crippen LogP contribution >= 0.6 is 9.39 Å². The Morgan fingerprint density at radius 3 is 2.80 bits per heavy atom. The van der Waals surface area contributed by atoms with Crippen molar-refractivity contribution in [1.29, 1.82) is 0 Å². The summed E-state index contributed by atoms with van der Waals surface area (Å²) in [6.45, 7) is 1.87. The van der Waals surface area contributed by atoms with E-state index >= 15 is 0 Å². The summed E-state index contributed by atoms with van der Waals surface area (Å²) in [7, 11) is 2.60. The minimum absolute atomic E-state index is 0.0752. The summed E-state index contributed by atoms with van der Waals surface area (Å²) in [6.07, 6.45) is 2.04. The molecule has 0 aromatic rings. The van der Waals surface area contributed by atoms with Crippen LogP contribution in [0.3, 0.4) is 0 Å². The number of nitrogens with zero attached hydrogens (tertiary/aromatic N) is 1. The summed E-state index contributed by atoms with van der Waals surface area (Å²) in [4.78, 5) is 10.7. The highest BCUT2D eigenvalue weighted by molar-refractivity contribution is 7.13. The molecule has 0 aromatic heterocycles. The maximum absolute atomic E-state index is 10.7. The molecule has 1 amide bonds. The predicted octanol–water partition coefficient (Wildman–Crippen LogP) is -0.0262. The fraction of sp³-hybridized carbons (Fsp3) is 0.833. The van der Waals surface area contributed by atoms with Crippen LogP contribution in [0.5, 0.6) is 0 Å². The molecule has 1 heterocycles. The number of hydrogen-bond acceptors (Lipinski definition) is 2. The second-order valence-corrected chi connectivity index (χ2v) is 3.47. The highest BCUT2D eigenvalue weighted by Gasteiger charge is 2.21. The Bertz CT molecular complexity index is 140. The molecule has 2 unspecified atom stereocenters. The number of carbonyl (C=O) groups excluding carboxylic acids is 1. The van der Waals surface area contributed by atoms with Gasteiger partial charge >= 0.3 is 0 Å². The van der Waals surface area contributed by atoms with Gasteiger partial charge in [-0.3, -0.25) is 9.46 Å². The molecule has 1 aliphatic rings. The Kier molecular flexibility index (Phi) is 2.64. The van der Waals surface area contributed by atoms with E-state index in [4.69, 9.17) is 5.73 Å². The molecule has 0 radical (unpaired) electrons. The molecule has 0 aromatic carbocycles. The zero-order chi connectivity index (χ0) is 7.56. The van der Waals surface area contributed by atoms with Crippen LogP contribution in [0, 0.1) is 5.92 Å². The molecule has 58 valence electrons. The Hall–Kier alpha value is -0.140. The normalized spacial score (nSPS) is 28.3. The Balaban J connectivity index is 2.39. The van der Waals surface area contributed by atoms with Gasteiger partial charge in [-0.05, 0) is 12.8 Å². The van der Waals surface area contributed by atoms with Crippen molar-refractivity contribution in [2.75, 3.05) is 13.1 Å². The first kappa shape index (κ1) is 7.96. The van der Waals surface area contributed by atoms with Crippen molar-refractivity contribution < 1.29 is 4.79 Å². The fourth-order valence-corrected chi connectivity index (χ4v) is 1.68. The largest absolute Gasteiger partial charge is 0.369 e. The van der Waals surface area contributed by atoms with Gasteiger partial charge in [0.2, 0.25) is 5.91 Å². The highest BCUT2D eigenvalue weighted by Crippen LogP contribution is 2.17. The summed E-state index contributed by atoms with van der Waals surface area (Å²) < 4.78 is 2.07. The molecule has 2 N–H and O–H groups in total. The lowest BCUT2D eigenvalue weighted by molar-refractivity contribution is -0.122. The monoisotopic (exact) mass is 160 g/mol. The Labute approximate surface area is 63.2 Å². The zero-order valence-electron chi connectivity index (χ0n) is 5.92. The zero-order valence-corrected chi connectivity index (χ0v) is 7.07. The first-order valence-corrected chi connectivity index (χ1v) is 4.01. The van der Waals surface area contributed by atoms with Crippen LogP contribution in [-0.4, -0.2) is 23.7 Å². The molecule has 10 heavy (non-hydrogen) atoms. The van der Waals surface area contributed by atoms with Gasteiger partial charge in [-0.2, -0.15) is 0 Å². The first-order chi connectivity index (χ1) is 4.70. The summed E-state index contributed by atoms with van der Waals surface area (Å²) in [5, 5.41) is 0. The lowest BCUT2D eigenvalue weighted by Gasteiger charge is -2.26. The summed E-state index contributed by atoms with van der Waals surface area (Å²) >= 11 is 0. The number of rotatable bonds is 1. The van der Waals surface area contributed by atoms with Crippen LogP contribution in [-0.2, 0) is 4.79 Å². The quantitative estimate of drug-likeness (QED) is 0.548. The SMILES string of the molecule is NC(=O)C1CCCN(P)C1. The van der Waals surface area contributed by atoms with Crippen LogP contribution in [0.4, 0.5) is 0 Å². The molecule has 1 saturated heterocycles. The molecule has 1 fully saturated rings. The third-order valence-electron chi connectivity index (χ3n) is 1.86. The Morgan fingerprint density at radius 2 is 2.40 bits per heavy atom. The van der Waals surface area contributed by atoms with Crippen molar-refractivity contribution in [1.82, 2.24) is 4.67 Å². The Morgan fingerprint density at radius 1 is 1.70 bits per heavy atom. The van der Waals surface area contributed by atoms with Gasteiger partial charge in [-0.25, -0.2) is 0 Å². The summed E-state index contributed by atoms with van der Waals surface area (Å²) in [5.41, 5.74) is 5.15. The highest BCUT2D eigenvalue weighted by atomic mass is 31.0. The fourth-order valence-electron chi connectivity index (χ4n) is 1.24. The lowest BCUT2D eigenvalue weighted by atomic mass is 9.99. The van der Waals surface area contributed by atoms with Crippen molar-refractivity contribution in [2.45, 2.75) is 12.8 Å². The number of nitrogens with two attached hydrogens (primary N) is 1. The molecule has 1 aliphatic heterocycles. The van der Waals surface area contributed by atoms with E-state index in [2.05, 4.69) is 14.1 Å². The van der Waals surface area contributed by atoms with Gasteiger partial charge in [-0.1, -0.05) is 9.39 Å². The van der Waals surface area contributed by atoms with E-state index in [0.29, 0.717) is 0 Å². The van der Waals surface area contributed by atoms with E-state index in [0.717, 1.165) is 25.9 Å². The third kappa shape index (κ3) is 1.93. The van der Waals surface area contributed by atoms with Crippen molar-refractivity contribution in [3.63, 3.8) is 0 Å². The van der Waals surface area contributed by atoms with E-state index in [1.165, 1.54) is 0 Å². The van der Waals surface area contributed by atoms with Crippen molar-refractivity contribution >= 4 is 15.3 Å². The van der Waals surface area contributed by atoms with E-state index < -0.39 is 0 Å². The van der Waals surface area contributed by atoms with Gasteiger partial charge in [0.25, 0.3) is 0 Å². The van der Waals surface area contributed by atoms with Gasteiger partial charge in [0.15, 0.2) is 0 Å². The van der Waals surface area contributed by atoms with E-state index in [1.54, 1.807) is 0 Å². The number of primary amides is 1. The lowest BCUT2D eigenvalue weighted by Crippen LogP contribution is -2.36. The average Bonchev–Trinajstić information content (AvgIpc) is 1.88. The second kappa shape index (κ2) is 3.31. The van der Waals surface area contributed by atoms with E-state index in [9.17, 15) is 4.79 Å². The van der Waals surface area contributed by atoms with Gasteiger partial charge in [0, 0.05) is 13.1 Å². The molecule has 1 rings (SSSR count). The molecule has 4 heteroatoms. The van der Waals surface area contributed by atoms with Gasteiger partial charge in [-0.15, -0.1) is 0 Å². The predicted molar refractivity (Wildman–Crippen MR) is 43.2 cm³/mol. The number of hydrogen-bond donors (Lipinski definition) is 1. The van der Waals surface area contributed by atoms with Gasteiger partial charge in [0.05, 0.1) is 5.92 Å². The third-order valence-corrected chi connectivity index (χ3v) is 2.32. The molecule has 0 bridgehead atoms. The van der Waals surface area contributed by atoms with Crippen molar-refractivity contribution in [2.24, 2.45) is 11.7 Å². The second-order valence-electron chi connectivity index (χ2n) is 2.74. The number of piperidine rings is 1. The summed E-state index contributed by atoms with van der Waals surface area (Å²) in [6, 6.07) is 0. The van der Waals surface area contributed by atoms with Crippen LogP contribution in [0.15, 0.2) is 0 Å². The molecule has 0 aliphatic carbocycles. The topological polar surface area (TPSA) is 46.3 Å². The molecular weight excluding hydrogens is 147 g/mol. The van der Waals surface area contributed by atoms with Crippen molar-refractivity contribution in [3.8, 4) is 0 Å². The molecule has 2 atom stereocenters. The smallest absolute Gasteiger partial charge is 0.221 e. The summed E-state index contributed by atoms with van der Waals surface area (Å²) in [5.74, 6) is -0.0848. The van der Waals surface area contributed by atoms with E-state index in [-0.39, 0.29) is 11.8 Å². The van der Waals surface area contributed by atoms with Gasteiger partial charge < -0.3 is 5.73 Å². The average molecular weight is 160 g/mol. The molecule has 3 nitrogen and oxygen atoms in total. The molecule has 0 saturated carbocycles. The van der Waals surface area contributed by atoms with E-state index in [1.807, 2.05) is 0 Å². The minimum Gasteiger partial charge on any atom is -0.369 e. The standard InChI is InChI=1S/C6H13N2OP/c7-6(9)5-2-1-3-8(10)4-5/h5H,1-4,10H2,(H2,7,9). The minimum atomic E-state index is -0.160. The number of amides is 1. The van der Waals surface area contributed by atoms with Crippen LogP contribution in [0.1, 0.15) is 12.8 Å². The van der Waals surface area contributed by atoms with Crippen molar-refractivity contribution in [3.05, 3.63) is 0 Å². The maximum atomic E-state index is 10.7. The van der Waals surface area contributed by atoms with Crippen LogP contribution < -0.4 is 5.73 Å².